The lowest BCUT2D eigenvalue weighted by molar-refractivity contribution is 0.104. The van der Waals surface area contributed by atoms with Gasteiger partial charge >= 0.3 is 0 Å². The lowest BCUT2D eigenvalue weighted by Crippen LogP contribution is -2.39. The van der Waals surface area contributed by atoms with Crippen LogP contribution in [0.25, 0.3) is 0 Å². The van der Waals surface area contributed by atoms with Crippen LogP contribution in [0.5, 0.6) is 11.5 Å². The van der Waals surface area contributed by atoms with Gasteiger partial charge in [0, 0.05) is 17.5 Å². The summed E-state index contributed by atoms with van der Waals surface area (Å²) in [5.74, 6) is 1.55. The van der Waals surface area contributed by atoms with Crippen LogP contribution in [0.2, 0.25) is 0 Å². The molecule has 2 atom stereocenters. The average Bonchev–Trinajstić information content (AvgIpc) is 2.56. The Balaban J connectivity index is 1.93. The molecule has 5 heteroatoms. The maximum absolute atomic E-state index is 10.4. The van der Waals surface area contributed by atoms with E-state index >= 15 is 0 Å². The van der Waals surface area contributed by atoms with Crippen LogP contribution in [0.4, 0.5) is 0 Å². The fourth-order valence-corrected chi connectivity index (χ4v) is 3.20. The van der Waals surface area contributed by atoms with Crippen molar-refractivity contribution in [1.82, 2.24) is 0 Å². The van der Waals surface area contributed by atoms with E-state index in [0.29, 0.717) is 6.42 Å². The third-order valence-electron chi connectivity index (χ3n) is 4.81. The van der Waals surface area contributed by atoms with Gasteiger partial charge in [0.05, 0.1) is 12.2 Å². The van der Waals surface area contributed by atoms with E-state index in [1.54, 1.807) is 27.7 Å². The van der Waals surface area contributed by atoms with Crippen molar-refractivity contribution in [2.24, 2.45) is 11.5 Å². The zero-order valence-corrected chi connectivity index (χ0v) is 15.8. The summed E-state index contributed by atoms with van der Waals surface area (Å²) in [6.45, 7) is 7.19. The molecule has 140 valence electrons. The molecule has 1 aliphatic rings. The third kappa shape index (κ3) is 3.62. The highest BCUT2D eigenvalue weighted by atomic mass is 16.5. The van der Waals surface area contributed by atoms with Crippen molar-refractivity contribution in [2.45, 2.75) is 57.4 Å². The van der Waals surface area contributed by atoms with Gasteiger partial charge in [0.2, 0.25) is 0 Å². The number of benzene rings is 2. The molecule has 0 saturated heterocycles. The van der Waals surface area contributed by atoms with Gasteiger partial charge in [-0.2, -0.15) is 0 Å². The van der Waals surface area contributed by atoms with Crippen LogP contribution in [0.15, 0.2) is 36.4 Å². The quantitative estimate of drug-likeness (QED) is 0.576. The number of ether oxygens (including phenoxy) is 1. The maximum atomic E-state index is 10.4. The van der Waals surface area contributed by atoms with Crippen LogP contribution >= 0.6 is 0 Å². The first-order valence-corrected chi connectivity index (χ1v) is 8.84. The van der Waals surface area contributed by atoms with Crippen molar-refractivity contribution < 1.29 is 14.9 Å². The first kappa shape index (κ1) is 18.9. The molecule has 26 heavy (non-hydrogen) atoms. The molecule has 1 heterocycles. The Kier molecular flexibility index (Phi) is 4.61. The molecule has 0 aliphatic carbocycles. The molecule has 5 nitrogen and oxygen atoms in total. The van der Waals surface area contributed by atoms with Gasteiger partial charge in [-0.05, 0) is 74.2 Å². The van der Waals surface area contributed by atoms with Crippen molar-refractivity contribution in [3.05, 3.63) is 58.7 Å². The molecule has 3 rings (SSSR count). The number of nitrogens with two attached hydrogens (primary N) is 2. The van der Waals surface area contributed by atoms with Gasteiger partial charge in [0.15, 0.2) is 0 Å². The zero-order chi connectivity index (χ0) is 19.3. The second-order valence-corrected chi connectivity index (χ2v) is 8.46. The van der Waals surface area contributed by atoms with Gasteiger partial charge in [-0.15, -0.1) is 0 Å². The van der Waals surface area contributed by atoms with E-state index < -0.39 is 23.3 Å². The maximum Gasteiger partial charge on any atom is 0.130 e. The molecular weight excluding hydrogens is 328 g/mol. The van der Waals surface area contributed by atoms with E-state index in [0.717, 1.165) is 33.8 Å². The molecule has 0 bridgehead atoms. The van der Waals surface area contributed by atoms with E-state index in [9.17, 15) is 10.2 Å². The van der Waals surface area contributed by atoms with Crippen LogP contribution in [-0.4, -0.2) is 21.3 Å². The first-order valence-electron chi connectivity index (χ1n) is 8.84. The van der Waals surface area contributed by atoms with Gasteiger partial charge in [-0.3, -0.25) is 0 Å². The molecule has 0 saturated carbocycles. The lowest BCUT2D eigenvalue weighted by atomic mass is 9.88. The summed E-state index contributed by atoms with van der Waals surface area (Å²) in [5.41, 5.74) is 14.1. The molecule has 0 amide bonds. The van der Waals surface area contributed by atoms with E-state index in [-0.39, 0.29) is 0 Å². The number of rotatable bonds is 4. The minimum atomic E-state index is -0.764. The molecule has 0 spiro atoms. The minimum Gasteiger partial charge on any atom is -0.457 e. The Bertz CT molecular complexity index is 751. The van der Waals surface area contributed by atoms with Crippen LogP contribution in [0.3, 0.4) is 0 Å². The summed E-state index contributed by atoms with van der Waals surface area (Å²) in [5, 5.41) is 20.9. The second kappa shape index (κ2) is 6.35. The van der Waals surface area contributed by atoms with Crippen molar-refractivity contribution >= 4 is 0 Å². The van der Waals surface area contributed by atoms with E-state index in [1.807, 2.05) is 36.4 Å². The molecule has 0 aromatic heterocycles. The molecule has 0 radical (unpaired) electrons. The van der Waals surface area contributed by atoms with Crippen LogP contribution in [-0.2, 0) is 6.42 Å². The smallest absolute Gasteiger partial charge is 0.130 e. The number of fused-ring (bicyclic) bond motifs is 2. The Morgan fingerprint density at radius 2 is 1.19 bits per heavy atom. The Hall–Kier alpha value is -1.92. The van der Waals surface area contributed by atoms with Crippen LogP contribution in [0, 0.1) is 0 Å². The standard InChI is InChI=1S/C21H28N2O3/c1-20(2,22)18(24)12-5-7-16-14(9-12)11-15-10-13(6-8-17(15)26-16)19(25)21(3,4)23/h5-10,18-19,24-25H,11,22-23H2,1-4H3. The fourth-order valence-electron chi connectivity index (χ4n) is 3.20. The molecular formula is C21H28N2O3. The normalized spacial score (nSPS) is 16.3. The average molecular weight is 356 g/mol. The monoisotopic (exact) mass is 356 g/mol. The van der Waals surface area contributed by atoms with Crippen LogP contribution in [0.1, 0.15) is 62.2 Å². The van der Waals surface area contributed by atoms with Gasteiger partial charge in [0.25, 0.3) is 0 Å². The Morgan fingerprint density at radius 1 is 0.808 bits per heavy atom. The SMILES string of the molecule is CC(C)(N)C(O)c1ccc2c(c1)Cc1cc(C(O)C(C)(C)N)ccc1O2. The second-order valence-electron chi connectivity index (χ2n) is 8.46. The van der Waals surface area contributed by atoms with Crippen LogP contribution < -0.4 is 16.2 Å². The summed E-state index contributed by atoms with van der Waals surface area (Å²) >= 11 is 0. The summed E-state index contributed by atoms with van der Waals surface area (Å²) in [6.07, 6.45) is -0.873. The number of aliphatic hydroxyl groups is 2. The minimum absolute atomic E-state index is 0.655. The molecule has 2 aromatic carbocycles. The Morgan fingerprint density at radius 3 is 1.54 bits per heavy atom. The first-order chi connectivity index (χ1) is 12.0. The summed E-state index contributed by atoms with van der Waals surface area (Å²) in [6, 6.07) is 11.3. The summed E-state index contributed by atoms with van der Waals surface area (Å²) < 4.78 is 5.99. The lowest BCUT2D eigenvalue weighted by Gasteiger charge is -2.29. The number of hydrogen-bond donors (Lipinski definition) is 4. The molecule has 6 N–H and O–H groups in total. The number of aliphatic hydroxyl groups excluding tert-OH is 2. The van der Waals surface area contributed by atoms with Gasteiger partial charge in [-0.25, -0.2) is 0 Å². The molecule has 0 fully saturated rings. The summed E-state index contributed by atoms with van der Waals surface area (Å²) in [4.78, 5) is 0. The Labute approximate surface area is 154 Å². The van der Waals surface area contributed by atoms with E-state index in [1.165, 1.54) is 0 Å². The van der Waals surface area contributed by atoms with Gasteiger partial charge < -0.3 is 26.4 Å². The van der Waals surface area contributed by atoms with Gasteiger partial charge in [0.1, 0.15) is 11.5 Å². The van der Waals surface area contributed by atoms with Crippen molar-refractivity contribution in [1.29, 1.82) is 0 Å². The fraction of sp³-hybridized carbons (Fsp3) is 0.429. The predicted octanol–water partition coefficient (Wildman–Crippen LogP) is 2.92. The molecule has 2 unspecified atom stereocenters. The van der Waals surface area contributed by atoms with E-state index in [4.69, 9.17) is 16.2 Å². The summed E-state index contributed by atoms with van der Waals surface area (Å²) in [7, 11) is 0. The van der Waals surface area contributed by atoms with Gasteiger partial charge in [-0.1, -0.05) is 12.1 Å². The molecule has 1 aliphatic heterocycles. The largest absolute Gasteiger partial charge is 0.457 e. The van der Waals surface area contributed by atoms with Crippen molar-refractivity contribution in [2.75, 3.05) is 0 Å². The molecule has 2 aromatic rings. The number of hydrogen-bond acceptors (Lipinski definition) is 5. The highest BCUT2D eigenvalue weighted by molar-refractivity contribution is 5.52. The van der Waals surface area contributed by atoms with E-state index in [2.05, 4.69) is 0 Å². The topological polar surface area (TPSA) is 102 Å². The van der Waals surface area contributed by atoms with Crippen molar-refractivity contribution in [3.63, 3.8) is 0 Å². The highest BCUT2D eigenvalue weighted by Gasteiger charge is 2.28. The third-order valence-corrected chi connectivity index (χ3v) is 4.81. The zero-order valence-electron chi connectivity index (χ0n) is 15.8. The highest BCUT2D eigenvalue weighted by Crippen LogP contribution is 2.40. The predicted molar refractivity (Wildman–Crippen MR) is 102 cm³/mol. The van der Waals surface area contributed by atoms with Crippen molar-refractivity contribution in [3.8, 4) is 11.5 Å².